The number of carbonyl (C=O) groups excluding carboxylic acids is 1. The molecule has 92 valence electrons. The van der Waals surface area contributed by atoms with Crippen LogP contribution in [0.1, 0.15) is 29.8 Å². The van der Waals surface area contributed by atoms with Crippen LogP contribution in [0, 0.1) is 6.92 Å². The summed E-state index contributed by atoms with van der Waals surface area (Å²) in [6.45, 7) is 4.05. The highest BCUT2D eigenvalue weighted by atomic mass is 16.5. The molecule has 0 aliphatic rings. The number of aromatic nitrogens is 1. The number of hydrogen-bond acceptors (Lipinski definition) is 5. The average molecular weight is 236 g/mol. The SMILES string of the molecule is COCc1cnc(C)c(OC)c1C(C)N=C=O. The predicted molar refractivity (Wildman–Crippen MR) is 62.8 cm³/mol. The van der Waals surface area contributed by atoms with E-state index in [9.17, 15) is 4.79 Å². The smallest absolute Gasteiger partial charge is 0.235 e. The number of rotatable bonds is 5. The van der Waals surface area contributed by atoms with E-state index < -0.39 is 0 Å². The van der Waals surface area contributed by atoms with Crippen LogP contribution in [-0.2, 0) is 16.1 Å². The molecule has 0 radical (unpaired) electrons. The molecule has 1 aromatic heterocycles. The molecule has 1 unspecified atom stereocenters. The molecule has 0 saturated heterocycles. The molecule has 1 rings (SSSR count). The van der Waals surface area contributed by atoms with Crippen LogP contribution in [0.5, 0.6) is 5.75 Å². The van der Waals surface area contributed by atoms with Crippen LogP contribution in [0.3, 0.4) is 0 Å². The van der Waals surface area contributed by atoms with E-state index in [1.54, 1.807) is 33.4 Å². The van der Waals surface area contributed by atoms with Gasteiger partial charge in [0.25, 0.3) is 0 Å². The van der Waals surface area contributed by atoms with Crippen molar-refractivity contribution in [3.05, 3.63) is 23.0 Å². The lowest BCUT2D eigenvalue weighted by molar-refractivity contribution is 0.183. The van der Waals surface area contributed by atoms with E-state index in [1.165, 1.54) is 0 Å². The van der Waals surface area contributed by atoms with Gasteiger partial charge in [0.15, 0.2) is 0 Å². The van der Waals surface area contributed by atoms with Gasteiger partial charge in [-0.3, -0.25) is 4.98 Å². The van der Waals surface area contributed by atoms with Crippen LogP contribution in [0.4, 0.5) is 0 Å². The van der Waals surface area contributed by atoms with Gasteiger partial charge in [0.2, 0.25) is 6.08 Å². The van der Waals surface area contributed by atoms with Gasteiger partial charge in [-0.05, 0) is 13.8 Å². The van der Waals surface area contributed by atoms with Crippen LogP contribution < -0.4 is 4.74 Å². The van der Waals surface area contributed by atoms with Gasteiger partial charge < -0.3 is 9.47 Å². The van der Waals surface area contributed by atoms with Gasteiger partial charge >= 0.3 is 0 Å². The van der Waals surface area contributed by atoms with Gasteiger partial charge in [-0.25, -0.2) is 4.79 Å². The van der Waals surface area contributed by atoms with Gasteiger partial charge in [0.05, 0.1) is 25.5 Å². The minimum Gasteiger partial charge on any atom is -0.494 e. The number of ether oxygens (including phenoxy) is 2. The van der Waals surface area contributed by atoms with Crippen molar-refractivity contribution < 1.29 is 14.3 Å². The Morgan fingerprint density at radius 1 is 1.53 bits per heavy atom. The van der Waals surface area contributed by atoms with Crippen molar-refractivity contribution >= 4 is 6.08 Å². The number of aliphatic imine (C=N–C) groups is 1. The van der Waals surface area contributed by atoms with Gasteiger partial charge in [-0.2, -0.15) is 4.99 Å². The molecular weight excluding hydrogens is 220 g/mol. The fourth-order valence-corrected chi connectivity index (χ4v) is 1.77. The maximum Gasteiger partial charge on any atom is 0.235 e. The van der Waals surface area contributed by atoms with Crippen LogP contribution >= 0.6 is 0 Å². The Morgan fingerprint density at radius 3 is 2.76 bits per heavy atom. The van der Waals surface area contributed by atoms with Crippen molar-refractivity contribution in [3.8, 4) is 5.75 Å². The highest BCUT2D eigenvalue weighted by Gasteiger charge is 2.18. The third kappa shape index (κ3) is 2.90. The minimum atomic E-state index is -0.325. The Morgan fingerprint density at radius 2 is 2.24 bits per heavy atom. The Balaban J connectivity index is 3.37. The fourth-order valence-electron chi connectivity index (χ4n) is 1.77. The molecule has 0 fully saturated rings. The molecule has 0 bridgehead atoms. The first kappa shape index (κ1) is 13.4. The Bertz CT molecular complexity index is 440. The third-order valence-corrected chi connectivity index (χ3v) is 2.50. The second-order valence-corrected chi connectivity index (χ2v) is 3.65. The van der Waals surface area contributed by atoms with Gasteiger partial charge in [0, 0.05) is 24.4 Å². The van der Waals surface area contributed by atoms with Crippen molar-refractivity contribution in [2.75, 3.05) is 14.2 Å². The van der Waals surface area contributed by atoms with E-state index in [0.717, 1.165) is 16.8 Å². The number of methoxy groups -OCH3 is 2. The molecule has 1 heterocycles. The summed E-state index contributed by atoms with van der Waals surface area (Å²) in [4.78, 5) is 18.3. The molecule has 17 heavy (non-hydrogen) atoms. The monoisotopic (exact) mass is 236 g/mol. The third-order valence-electron chi connectivity index (χ3n) is 2.50. The zero-order valence-corrected chi connectivity index (χ0v) is 10.5. The molecular formula is C12H16N2O3. The summed E-state index contributed by atoms with van der Waals surface area (Å²) in [6.07, 6.45) is 3.28. The molecule has 0 aromatic carbocycles. The summed E-state index contributed by atoms with van der Waals surface area (Å²) in [5.41, 5.74) is 2.45. The van der Waals surface area contributed by atoms with Gasteiger partial charge in [-0.1, -0.05) is 0 Å². The fraction of sp³-hybridized carbons (Fsp3) is 0.500. The number of pyridine rings is 1. The highest BCUT2D eigenvalue weighted by Crippen LogP contribution is 2.32. The second kappa shape index (κ2) is 6.13. The molecule has 0 spiro atoms. The molecule has 0 aliphatic carbocycles. The summed E-state index contributed by atoms with van der Waals surface area (Å²) < 4.78 is 10.4. The molecule has 0 N–H and O–H groups in total. The normalized spacial score (nSPS) is 11.8. The van der Waals surface area contributed by atoms with Crippen molar-refractivity contribution in [3.63, 3.8) is 0 Å². The van der Waals surface area contributed by atoms with Crippen LogP contribution in [0.2, 0.25) is 0 Å². The summed E-state index contributed by atoms with van der Waals surface area (Å²) in [6, 6.07) is -0.325. The van der Waals surface area contributed by atoms with E-state index in [-0.39, 0.29) is 6.04 Å². The first-order chi connectivity index (χ1) is 8.15. The zero-order chi connectivity index (χ0) is 12.8. The standard InChI is InChI=1S/C12H16N2O3/c1-8(14-7-15)11-10(6-16-3)5-13-9(2)12(11)17-4/h5,8H,6H2,1-4H3. The maximum absolute atomic E-state index is 10.4. The number of isocyanates is 1. The van der Waals surface area contributed by atoms with Gasteiger partial charge in [-0.15, -0.1) is 0 Å². The second-order valence-electron chi connectivity index (χ2n) is 3.65. The predicted octanol–water partition coefficient (Wildman–Crippen LogP) is 1.94. The molecule has 0 saturated carbocycles. The summed E-state index contributed by atoms with van der Waals surface area (Å²) in [7, 11) is 3.17. The Hall–Kier alpha value is -1.71. The first-order valence-corrected chi connectivity index (χ1v) is 5.24. The minimum absolute atomic E-state index is 0.325. The van der Waals surface area contributed by atoms with E-state index in [1.807, 2.05) is 6.92 Å². The largest absolute Gasteiger partial charge is 0.494 e. The summed E-state index contributed by atoms with van der Waals surface area (Å²) >= 11 is 0. The lowest BCUT2D eigenvalue weighted by atomic mass is 10.0. The van der Waals surface area contributed by atoms with Crippen molar-refractivity contribution in [1.29, 1.82) is 0 Å². The van der Waals surface area contributed by atoms with Crippen molar-refractivity contribution in [2.45, 2.75) is 26.5 Å². The van der Waals surface area contributed by atoms with E-state index in [4.69, 9.17) is 9.47 Å². The maximum atomic E-state index is 10.4. The van der Waals surface area contributed by atoms with Crippen LogP contribution in [-0.4, -0.2) is 25.3 Å². The molecule has 0 amide bonds. The molecule has 5 nitrogen and oxygen atoms in total. The lowest BCUT2D eigenvalue weighted by Gasteiger charge is -2.17. The Labute approximate surface area is 100 Å². The molecule has 5 heteroatoms. The van der Waals surface area contributed by atoms with Gasteiger partial charge in [0.1, 0.15) is 5.75 Å². The molecule has 1 atom stereocenters. The van der Waals surface area contributed by atoms with Crippen LogP contribution in [0.25, 0.3) is 0 Å². The molecule has 0 aliphatic heterocycles. The lowest BCUT2D eigenvalue weighted by Crippen LogP contribution is -2.05. The summed E-state index contributed by atoms with van der Waals surface area (Å²) in [5.74, 6) is 0.644. The quantitative estimate of drug-likeness (QED) is 0.579. The zero-order valence-electron chi connectivity index (χ0n) is 10.5. The Kier molecular flexibility index (Phi) is 4.82. The number of aryl methyl sites for hydroxylation is 1. The topological polar surface area (TPSA) is 60.8 Å². The number of nitrogens with zero attached hydrogens (tertiary/aromatic N) is 2. The van der Waals surface area contributed by atoms with E-state index in [0.29, 0.717) is 12.4 Å². The van der Waals surface area contributed by atoms with E-state index in [2.05, 4.69) is 9.98 Å². The first-order valence-electron chi connectivity index (χ1n) is 5.24. The van der Waals surface area contributed by atoms with Crippen molar-refractivity contribution in [2.24, 2.45) is 4.99 Å². The van der Waals surface area contributed by atoms with Crippen LogP contribution in [0.15, 0.2) is 11.2 Å². The molecule has 1 aromatic rings. The average Bonchev–Trinajstić information content (AvgIpc) is 2.31. The van der Waals surface area contributed by atoms with E-state index >= 15 is 0 Å². The summed E-state index contributed by atoms with van der Waals surface area (Å²) in [5, 5.41) is 0. The van der Waals surface area contributed by atoms with Crippen molar-refractivity contribution in [1.82, 2.24) is 4.98 Å². The number of hydrogen-bond donors (Lipinski definition) is 0. The highest BCUT2D eigenvalue weighted by molar-refractivity contribution is 5.45.